The van der Waals surface area contributed by atoms with E-state index < -0.39 is 17.6 Å². The molecule has 2 amide bonds. The van der Waals surface area contributed by atoms with E-state index in [-0.39, 0.29) is 11.6 Å². The van der Waals surface area contributed by atoms with E-state index in [1.165, 1.54) is 12.1 Å². The number of carbonyl (C=O) groups excluding carboxylic acids is 2. The van der Waals surface area contributed by atoms with E-state index in [4.69, 9.17) is 0 Å². The van der Waals surface area contributed by atoms with Gasteiger partial charge in [-0.05, 0) is 43.7 Å². The summed E-state index contributed by atoms with van der Waals surface area (Å²) in [7, 11) is 0. The van der Waals surface area contributed by atoms with Crippen molar-refractivity contribution in [2.45, 2.75) is 13.3 Å². The highest BCUT2D eigenvalue weighted by atomic mass is 79.9. The van der Waals surface area contributed by atoms with Gasteiger partial charge >= 0.3 is 0 Å². The molecular formula is C18H16BrFN2O2. The topological polar surface area (TPSA) is 49.4 Å². The summed E-state index contributed by atoms with van der Waals surface area (Å²) in [5.41, 5.74) is 1.94. The van der Waals surface area contributed by atoms with Crippen LogP contribution in [-0.4, -0.2) is 18.4 Å². The van der Waals surface area contributed by atoms with E-state index in [1.54, 1.807) is 11.0 Å². The second kappa shape index (κ2) is 6.73. The van der Waals surface area contributed by atoms with Crippen LogP contribution in [0.25, 0.3) is 0 Å². The van der Waals surface area contributed by atoms with Gasteiger partial charge in [-0.15, -0.1) is 0 Å². The van der Waals surface area contributed by atoms with Crippen molar-refractivity contribution >= 4 is 39.1 Å². The molecule has 2 aromatic carbocycles. The molecule has 6 heteroatoms. The molecule has 0 bridgehead atoms. The summed E-state index contributed by atoms with van der Waals surface area (Å²) < 4.78 is 14.4. The van der Waals surface area contributed by atoms with Gasteiger partial charge in [-0.2, -0.15) is 0 Å². The molecule has 2 aromatic rings. The number of anilines is 2. The highest BCUT2D eigenvalue weighted by Gasteiger charge is 2.37. The first-order valence-corrected chi connectivity index (χ1v) is 8.39. The maximum absolute atomic E-state index is 13.8. The lowest BCUT2D eigenvalue weighted by atomic mass is 10.1. The predicted molar refractivity (Wildman–Crippen MR) is 94.4 cm³/mol. The lowest BCUT2D eigenvalue weighted by Crippen LogP contribution is -2.33. The van der Waals surface area contributed by atoms with Crippen molar-refractivity contribution in [2.24, 2.45) is 5.92 Å². The first-order chi connectivity index (χ1) is 11.5. The lowest BCUT2D eigenvalue weighted by molar-refractivity contribution is -0.129. The zero-order valence-electron chi connectivity index (χ0n) is 13.1. The third-order valence-corrected chi connectivity index (χ3v) is 4.55. The zero-order chi connectivity index (χ0) is 17.3. The molecular weight excluding hydrogens is 375 g/mol. The summed E-state index contributed by atoms with van der Waals surface area (Å²) in [6, 6.07) is 11.9. The lowest BCUT2D eigenvalue weighted by Gasteiger charge is -2.17. The van der Waals surface area contributed by atoms with Crippen LogP contribution in [0.2, 0.25) is 0 Å². The standard InChI is InChI=1S/C18H16BrFN2O2/c1-11-2-5-13(6-3-11)22-9-8-14(18(22)24)17(23)21-16-10-12(19)4-7-15(16)20/h2-7,10,14H,8-9H2,1H3,(H,21,23). The Morgan fingerprint density at radius 2 is 1.96 bits per heavy atom. The van der Waals surface area contributed by atoms with Gasteiger partial charge in [0.1, 0.15) is 11.7 Å². The number of aryl methyl sites for hydroxylation is 1. The van der Waals surface area contributed by atoms with E-state index in [9.17, 15) is 14.0 Å². The van der Waals surface area contributed by atoms with Crippen molar-refractivity contribution in [3.8, 4) is 0 Å². The van der Waals surface area contributed by atoms with Crippen molar-refractivity contribution < 1.29 is 14.0 Å². The number of hydrogen-bond donors (Lipinski definition) is 1. The predicted octanol–water partition coefficient (Wildman–Crippen LogP) is 3.89. The van der Waals surface area contributed by atoms with E-state index in [1.807, 2.05) is 31.2 Å². The minimum atomic E-state index is -0.801. The van der Waals surface area contributed by atoms with Gasteiger partial charge in [0.05, 0.1) is 5.69 Å². The van der Waals surface area contributed by atoms with Crippen LogP contribution in [0.4, 0.5) is 15.8 Å². The van der Waals surface area contributed by atoms with Gasteiger partial charge in [0, 0.05) is 16.7 Å². The van der Waals surface area contributed by atoms with Gasteiger partial charge in [-0.3, -0.25) is 9.59 Å². The Morgan fingerprint density at radius 3 is 2.67 bits per heavy atom. The number of benzene rings is 2. The monoisotopic (exact) mass is 390 g/mol. The Labute approximate surface area is 147 Å². The van der Waals surface area contributed by atoms with Gasteiger partial charge in [-0.25, -0.2) is 4.39 Å². The van der Waals surface area contributed by atoms with Crippen LogP contribution in [-0.2, 0) is 9.59 Å². The number of rotatable bonds is 3. The van der Waals surface area contributed by atoms with Gasteiger partial charge in [-0.1, -0.05) is 33.6 Å². The van der Waals surface area contributed by atoms with Crippen LogP contribution in [0.1, 0.15) is 12.0 Å². The van der Waals surface area contributed by atoms with Crippen LogP contribution < -0.4 is 10.2 Å². The number of amides is 2. The fourth-order valence-electron chi connectivity index (χ4n) is 2.72. The molecule has 4 nitrogen and oxygen atoms in total. The maximum atomic E-state index is 13.8. The highest BCUT2D eigenvalue weighted by molar-refractivity contribution is 9.10. The molecule has 0 saturated carbocycles. The molecule has 1 heterocycles. The Hall–Kier alpha value is -2.21. The highest BCUT2D eigenvalue weighted by Crippen LogP contribution is 2.27. The third kappa shape index (κ3) is 3.33. The van der Waals surface area contributed by atoms with E-state index in [0.717, 1.165) is 11.3 Å². The van der Waals surface area contributed by atoms with Crippen LogP contribution >= 0.6 is 15.9 Å². The molecule has 1 N–H and O–H groups in total. The molecule has 0 radical (unpaired) electrons. The Bertz CT molecular complexity index is 792. The molecule has 1 atom stereocenters. The van der Waals surface area contributed by atoms with Crippen molar-refractivity contribution in [3.05, 3.63) is 58.3 Å². The minimum Gasteiger partial charge on any atom is -0.323 e. The number of nitrogens with one attached hydrogen (secondary N) is 1. The average Bonchev–Trinajstić information content (AvgIpc) is 2.93. The molecule has 0 aromatic heterocycles. The molecule has 0 spiro atoms. The summed E-state index contributed by atoms with van der Waals surface area (Å²) in [4.78, 5) is 26.5. The van der Waals surface area contributed by atoms with Crippen LogP contribution in [0, 0.1) is 18.7 Å². The first-order valence-electron chi connectivity index (χ1n) is 7.59. The van der Waals surface area contributed by atoms with Crippen molar-refractivity contribution in [3.63, 3.8) is 0 Å². The van der Waals surface area contributed by atoms with Crippen molar-refractivity contribution in [2.75, 3.05) is 16.8 Å². The van der Waals surface area contributed by atoms with Crippen molar-refractivity contribution in [1.29, 1.82) is 0 Å². The Morgan fingerprint density at radius 1 is 1.25 bits per heavy atom. The van der Waals surface area contributed by atoms with E-state index in [0.29, 0.717) is 17.4 Å². The third-order valence-electron chi connectivity index (χ3n) is 4.05. The SMILES string of the molecule is Cc1ccc(N2CCC(C(=O)Nc3cc(Br)ccc3F)C2=O)cc1. The van der Waals surface area contributed by atoms with Gasteiger partial charge in [0.15, 0.2) is 0 Å². The first kappa shape index (κ1) is 16.6. The average molecular weight is 391 g/mol. The van der Waals surface area contributed by atoms with Gasteiger partial charge < -0.3 is 10.2 Å². The summed E-state index contributed by atoms with van der Waals surface area (Å²) >= 11 is 3.23. The van der Waals surface area contributed by atoms with Gasteiger partial charge in [0.2, 0.25) is 11.8 Å². The molecule has 0 aliphatic carbocycles. The summed E-state index contributed by atoms with van der Waals surface area (Å²) in [6.07, 6.45) is 0.411. The van der Waals surface area contributed by atoms with Gasteiger partial charge in [0.25, 0.3) is 0 Å². The summed E-state index contributed by atoms with van der Waals surface area (Å²) in [5.74, 6) is -2.07. The van der Waals surface area contributed by atoms with Crippen LogP contribution in [0.3, 0.4) is 0 Å². The number of carbonyl (C=O) groups is 2. The minimum absolute atomic E-state index is 0.0657. The van der Waals surface area contributed by atoms with E-state index in [2.05, 4.69) is 21.2 Å². The second-order valence-electron chi connectivity index (χ2n) is 5.78. The molecule has 3 rings (SSSR count). The number of halogens is 2. The fourth-order valence-corrected chi connectivity index (χ4v) is 3.08. The second-order valence-corrected chi connectivity index (χ2v) is 6.70. The molecule has 1 saturated heterocycles. The quantitative estimate of drug-likeness (QED) is 0.808. The summed E-state index contributed by atoms with van der Waals surface area (Å²) in [5, 5.41) is 2.51. The molecule has 1 unspecified atom stereocenters. The van der Waals surface area contributed by atoms with Crippen molar-refractivity contribution in [1.82, 2.24) is 0 Å². The normalized spacial score (nSPS) is 17.2. The number of nitrogens with zero attached hydrogens (tertiary/aromatic N) is 1. The fraction of sp³-hybridized carbons (Fsp3) is 0.222. The Balaban J connectivity index is 1.73. The van der Waals surface area contributed by atoms with Crippen LogP contribution in [0.5, 0.6) is 0 Å². The molecule has 1 aliphatic rings. The molecule has 1 fully saturated rings. The summed E-state index contributed by atoms with van der Waals surface area (Å²) in [6.45, 7) is 2.44. The largest absolute Gasteiger partial charge is 0.323 e. The number of hydrogen-bond acceptors (Lipinski definition) is 2. The molecule has 124 valence electrons. The zero-order valence-corrected chi connectivity index (χ0v) is 14.6. The van der Waals surface area contributed by atoms with Crippen LogP contribution in [0.15, 0.2) is 46.9 Å². The smallest absolute Gasteiger partial charge is 0.239 e. The Kier molecular flexibility index (Phi) is 4.66. The van der Waals surface area contributed by atoms with E-state index >= 15 is 0 Å². The maximum Gasteiger partial charge on any atom is 0.239 e. The molecule has 1 aliphatic heterocycles. The molecule has 24 heavy (non-hydrogen) atoms.